The molecule has 0 saturated heterocycles. The average molecular weight is 260 g/mol. The molecule has 3 nitrogen and oxygen atoms in total. The first kappa shape index (κ1) is 14.5. The highest BCUT2D eigenvalue weighted by Crippen LogP contribution is 2.26. The van der Waals surface area contributed by atoms with Crippen molar-refractivity contribution in [3.05, 3.63) is 29.6 Å². The standard InChI is InChI=1S/C8H5F4NO2.ClH/c9-6-4(7(13)14)2-1-3-5(6)15-8(10,11)12;/h1-3H,(H2,13,14);1H. The molecular formula is C8H6ClF4NO2. The van der Waals surface area contributed by atoms with Gasteiger partial charge in [0.25, 0.3) is 5.91 Å². The Balaban J connectivity index is 0.00000225. The first-order chi connectivity index (χ1) is 6.81. The van der Waals surface area contributed by atoms with Gasteiger partial charge in [-0.2, -0.15) is 0 Å². The van der Waals surface area contributed by atoms with Crippen LogP contribution in [0.15, 0.2) is 18.2 Å². The Morgan fingerprint density at radius 3 is 2.31 bits per heavy atom. The summed E-state index contributed by atoms with van der Waals surface area (Å²) in [7, 11) is 0. The van der Waals surface area contributed by atoms with Crippen LogP contribution in [-0.2, 0) is 0 Å². The van der Waals surface area contributed by atoms with Gasteiger partial charge in [0.2, 0.25) is 0 Å². The fraction of sp³-hybridized carbons (Fsp3) is 0.125. The number of halogens is 5. The van der Waals surface area contributed by atoms with Gasteiger partial charge in [0.15, 0.2) is 11.6 Å². The Hall–Kier alpha value is -1.50. The van der Waals surface area contributed by atoms with E-state index in [0.29, 0.717) is 0 Å². The van der Waals surface area contributed by atoms with E-state index in [-0.39, 0.29) is 12.4 Å². The number of primary amides is 1. The van der Waals surface area contributed by atoms with E-state index in [4.69, 9.17) is 5.73 Å². The van der Waals surface area contributed by atoms with Crippen molar-refractivity contribution in [1.29, 1.82) is 0 Å². The minimum Gasteiger partial charge on any atom is -0.403 e. The summed E-state index contributed by atoms with van der Waals surface area (Å²) in [5.74, 6) is -3.68. The van der Waals surface area contributed by atoms with Gasteiger partial charge in [0.05, 0.1) is 5.56 Å². The predicted octanol–water partition coefficient (Wildman–Crippen LogP) is 2.25. The Morgan fingerprint density at radius 1 is 1.31 bits per heavy atom. The van der Waals surface area contributed by atoms with Gasteiger partial charge in [-0.1, -0.05) is 6.07 Å². The molecule has 1 aromatic rings. The summed E-state index contributed by atoms with van der Waals surface area (Å²) in [4.78, 5) is 10.6. The zero-order valence-corrected chi connectivity index (χ0v) is 8.36. The number of benzene rings is 1. The van der Waals surface area contributed by atoms with E-state index in [1.165, 1.54) is 0 Å². The maximum atomic E-state index is 13.1. The molecule has 0 radical (unpaired) electrons. The van der Waals surface area contributed by atoms with E-state index in [2.05, 4.69) is 4.74 Å². The van der Waals surface area contributed by atoms with E-state index >= 15 is 0 Å². The highest BCUT2D eigenvalue weighted by atomic mass is 35.5. The smallest absolute Gasteiger partial charge is 0.403 e. The number of hydrogen-bond acceptors (Lipinski definition) is 2. The second kappa shape index (κ2) is 5.02. The Morgan fingerprint density at radius 2 is 1.88 bits per heavy atom. The van der Waals surface area contributed by atoms with Gasteiger partial charge < -0.3 is 10.5 Å². The van der Waals surface area contributed by atoms with Crippen LogP contribution in [0, 0.1) is 5.82 Å². The largest absolute Gasteiger partial charge is 0.573 e. The molecule has 0 spiro atoms. The summed E-state index contributed by atoms with van der Waals surface area (Å²) in [6.07, 6.45) is -5.02. The Bertz CT molecular complexity index is 394. The molecule has 0 fully saturated rings. The first-order valence-corrected chi connectivity index (χ1v) is 3.65. The molecule has 0 aliphatic heterocycles. The molecule has 8 heteroatoms. The third-order valence-corrected chi connectivity index (χ3v) is 1.45. The Labute approximate surface area is 93.6 Å². The predicted molar refractivity (Wildman–Crippen MR) is 48.8 cm³/mol. The lowest BCUT2D eigenvalue weighted by Crippen LogP contribution is -2.20. The van der Waals surface area contributed by atoms with Crippen LogP contribution in [0.4, 0.5) is 17.6 Å². The lowest BCUT2D eigenvalue weighted by atomic mass is 10.2. The highest BCUT2D eigenvalue weighted by Gasteiger charge is 2.33. The lowest BCUT2D eigenvalue weighted by Gasteiger charge is -2.10. The van der Waals surface area contributed by atoms with Crippen molar-refractivity contribution in [1.82, 2.24) is 0 Å². The molecule has 1 amide bonds. The molecule has 0 aliphatic carbocycles. The van der Waals surface area contributed by atoms with Crippen LogP contribution in [-0.4, -0.2) is 12.3 Å². The molecule has 0 aliphatic rings. The van der Waals surface area contributed by atoms with Crippen LogP contribution in [0.1, 0.15) is 10.4 Å². The highest BCUT2D eigenvalue weighted by molar-refractivity contribution is 5.93. The van der Waals surface area contributed by atoms with Crippen molar-refractivity contribution >= 4 is 18.3 Å². The summed E-state index contributed by atoms with van der Waals surface area (Å²) < 4.78 is 51.7. The number of hydrogen-bond donors (Lipinski definition) is 1. The van der Waals surface area contributed by atoms with Gasteiger partial charge in [0, 0.05) is 0 Å². The second-order valence-corrected chi connectivity index (χ2v) is 2.53. The number of carbonyl (C=O) groups is 1. The summed E-state index contributed by atoms with van der Waals surface area (Å²) in [5, 5.41) is 0. The van der Waals surface area contributed by atoms with Crippen molar-refractivity contribution < 1.29 is 27.1 Å². The fourth-order valence-electron chi connectivity index (χ4n) is 0.905. The van der Waals surface area contributed by atoms with Crippen molar-refractivity contribution in [2.24, 2.45) is 5.73 Å². The second-order valence-electron chi connectivity index (χ2n) is 2.53. The molecular weight excluding hydrogens is 254 g/mol. The molecule has 0 unspecified atom stereocenters. The van der Waals surface area contributed by atoms with Crippen molar-refractivity contribution in [3.8, 4) is 5.75 Å². The minimum atomic E-state index is -5.02. The first-order valence-electron chi connectivity index (χ1n) is 3.65. The zero-order chi connectivity index (χ0) is 11.6. The van der Waals surface area contributed by atoms with Crippen molar-refractivity contribution in [3.63, 3.8) is 0 Å². The molecule has 0 aromatic heterocycles. The lowest BCUT2D eigenvalue weighted by molar-refractivity contribution is -0.275. The molecule has 1 aromatic carbocycles. The molecule has 16 heavy (non-hydrogen) atoms. The number of alkyl halides is 3. The molecule has 0 atom stereocenters. The molecule has 0 bridgehead atoms. The topological polar surface area (TPSA) is 52.3 Å². The van der Waals surface area contributed by atoms with Gasteiger partial charge >= 0.3 is 6.36 Å². The maximum Gasteiger partial charge on any atom is 0.573 e. The van der Waals surface area contributed by atoms with E-state index in [1.807, 2.05) is 0 Å². The van der Waals surface area contributed by atoms with Crippen molar-refractivity contribution in [2.45, 2.75) is 6.36 Å². The quantitative estimate of drug-likeness (QED) is 0.828. The summed E-state index contributed by atoms with van der Waals surface area (Å²) in [5.41, 5.74) is 4.08. The van der Waals surface area contributed by atoms with Crippen LogP contribution < -0.4 is 10.5 Å². The van der Waals surface area contributed by atoms with Crippen LogP contribution >= 0.6 is 12.4 Å². The van der Waals surface area contributed by atoms with Gasteiger partial charge in [-0.05, 0) is 12.1 Å². The maximum absolute atomic E-state index is 13.1. The van der Waals surface area contributed by atoms with Gasteiger partial charge in [0.1, 0.15) is 0 Å². The van der Waals surface area contributed by atoms with Crippen molar-refractivity contribution in [2.75, 3.05) is 0 Å². The molecule has 1 rings (SSSR count). The van der Waals surface area contributed by atoms with E-state index in [0.717, 1.165) is 18.2 Å². The summed E-state index contributed by atoms with van der Waals surface area (Å²) in [6.45, 7) is 0. The molecule has 2 N–H and O–H groups in total. The van der Waals surface area contributed by atoms with Crippen LogP contribution in [0.2, 0.25) is 0 Å². The monoisotopic (exact) mass is 259 g/mol. The summed E-state index contributed by atoms with van der Waals surface area (Å²) >= 11 is 0. The fourth-order valence-corrected chi connectivity index (χ4v) is 0.905. The number of nitrogens with two attached hydrogens (primary N) is 1. The van der Waals surface area contributed by atoms with E-state index < -0.39 is 29.4 Å². The van der Waals surface area contributed by atoms with E-state index in [9.17, 15) is 22.4 Å². The zero-order valence-electron chi connectivity index (χ0n) is 7.55. The minimum absolute atomic E-state index is 0. The number of rotatable bonds is 2. The van der Waals surface area contributed by atoms with Crippen LogP contribution in [0.25, 0.3) is 0 Å². The van der Waals surface area contributed by atoms with Crippen LogP contribution in [0.3, 0.4) is 0 Å². The SMILES string of the molecule is Cl.NC(=O)c1cccc(OC(F)(F)F)c1F. The number of amides is 1. The normalized spacial score (nSPS) is 10.5. The molecule has 0 heterocycles. The number of ether oxygens (including phenoxy) is 1. The third kappa shape index (κ3) is 3.58. The molecule has 90 valence electrons. The third-order valence-electron chi connectivity index (χ3n) is 1.45. The van der Waals surface area contributed by atoms with Crippen LogP contribution in [0.5, 0.6) is 5.75 Å². The van der Waals surface area contributed by atoms with Gasteiger partial charge in [-0.25, -0.2) is 4.39 Å². The summed E-state index contributed by atoms with van der Waals surface area (Å²) in [6, 6.07) is 2.74. The Kier molecular flexibility index (Phi) is 4.55. The van der Waals surface area contributed by atoms with Gasteiger partial charge in [-0.15, -0.1) is 25.6 Å². The number of carbonyl (C=O) groups excluding carboxylic acids is 1. The molecule has 0 saturated carbocycles. The van der Waals surface area contributed by atoms with E-state index in [1.54, 1.807) is 0 Å². The van der Waals surface area contributed by atoms with Gasteiger partial charge in [-0.3, -0.25) is 4.79 Å². The average Bonchev–Trinajstić information content (AvgIpc) is 2.05.